The van der Waals surface area contributed by atoms with E-state index in [1.165, 1.54) is 12.1 Å². The zero-order chi connectivity index (χ0) is 17.5. The van der Waals surface area contributed by atoms with Crippen molar-refractivity contribution in [2.24, 2.45) is 0 Å². The molecule has 24 heavy (non-hydrogen) atoms. The first kappa shape index (κ1) is 18.7. The first-order valence-electron chi connectivity index (χ1n) is 7.44. The number of hydrogen-bond donors (Lipinski definition) is 3. The number of aliphatic hydroxyl groups excluding tert-OH is 3. The third-order valence-corrected chi connectivity index (χ3v) is 4.25. The highest BCUT2D eigenvalue weighted by Crippen LogP contribution is 2.16. The quantitative estimate of drug-likeness (QED) is 0.476. The van der Waals surface area contributed by atoms with Gasteiger partial charge in [-0.1, -0.05) is 42.5 Å². The Morgan fingerprint density at radius 3 is 2.25 bits per heavy atom. The average molecular weight is 350 g/mol. The molecule has 0 aliphatic carbocycles. The first-order chi connectivity index (χ1) is 11.5. The molecule has 0 fully saturated rings. The first-order valence-corrected chi connectivity index (χ1v) is 8.52. The number of benzene rings is 2. The van der Waals surface area contributed by atoms with Crippen LogP contribution in [0.25, 0.3) is 0 Å². The van der Waals surface area contributed by atoms with E-state index < -0.39 is 30.0 Å². The molecule has 3 atom stereocenters. The molecule has 0 bridgehead atoms. The van der Waals surface area contributed by atoms with Crippen LogP contribution in [0, 0.1) is 0 Å². The summed E-state index contributed by atoms with van der Waals surface area (Å²) in [4.78, 5) is 1.73. The third kappa shape index (κ3) is 5.20. The normalized spacial score (nSPS) is 15.2. The summed E-state index contributed by atoms with van der Waals surface area (Å²) in [6.07, 6.45) is -2.60. The molecule has 0 aliphatic rings. The van der Waals surface area contributed by atoms with Crippen molar-refractivity contribution in [3.8, 4) is 0 Å². The van der Waals surface area contributed by atoms with E-state index in [2.05, 4.69) is 0 Å². The molecule has 7 heteroatoms. The highest BCUT2D eigenvalue weighted by Gasteiger charge is 2.23. The monoisotopic (exact) mass is 350 g/mol. The average Bonchev–Trinajstić information content (AvgIpc) is 2.61. The molecule has 0 amide bonds. The van der Waals surface area contributed by atoms with Gasteiger partial charge < -0.3 is 19.9 Å². The molecule has 130 valence electrons. The Hall–Kier alpha value is -1.61. The molecule has 0 saturated heterocycles. The van der Waals surface area contributed by atoms with Crippen LogP contribution in [-0.2, 0) is 24.2 Å². The molecule has 2 aromatic carbocycles. The van der Waals surface area contributed by atoms with E-state index in [1.54, 1.807) is 17.0 Å². The van der Waals surface area contributed by atoms with Crippen molar-refractivity contribution >= 4 is 11.1 Å². The molecular formula is C17H20NO5S-. The van der Waals surface area contributed by atoms with Gasteiger partial charge in [0.05, 0.1) is 6.61 Å². The Bertz CT molecular complexity index is 667. The highest BCUT2D eigenvalue weighted by molar-refractivity contribution is 7.79. The van der Waals surface area contributed by atoms with E-state index in [1.807, 2.05) is 30.3 Å². The summed E-state index contributed by atoms with van der Waals surface area (Å²) in [6, 6.07) is 15.7. The molecule has 0 heterocycles. The lowest BCUT2D eigenvalue weighted by Gasteiger charge is -2.30. The molecule has 0 saturated carbocycles. The smallest absolute Gasteiger partial charge is 0.136 e. The number of hydrogen-bond acceptors (Lipinski definition) is 6. The van der Waals surface area contributed by atoms with Crippen LogP contribution in [0.3, 0.4) is 0 Å². The Morgan fingerprint density at radius 2 is 1.62 bits per heavy atom. The van der Waals surface area contributed by atoms with Crippen LogP contribution in [0.4, 0.5) is 0 Å². The fraction of sp³-hybridized carbons (Fsp3) is 0.294. The van der Waals surface area contributed by atoms with Crippen LogP contribution in [0.2, 0.25) is 0 Å². The molecule has 0 radical (unpaired) electrons. The maximum Gasteiger partial charge on any atom is 0.136 e. The molecule has 3 N–H and O–H groups in total. The van der Waals surface area contributed by atoms with Crippen molar-refractivity contribution in [3.63, 3.8) is 0 Å². The topological polar surface area (TPSA) is 104 Å². The van der Waals surface area contributed by atoms with Gasteiger partial charge in [-0.05, 0) is 34.3 Å². The van der Waals surface area contributed by atoms with E-state index in [-0.39, 0.29) is 11.4 Å². The highest BCUT2D eigenvalue weighted by atomic mass is 32.2. The second-order valence-corrected chi connectivity index (χ2v) is 6.38. The lowest BCUT2D eigenvalue weighted by molar-refractivity contribution is -0.106. The maximum absolute atomic E-state index is 11.1. The second-order valence-electron chi connectivity index (χ2n) is 5.44. The van der Waals surface area contributed by atoms with E-state index in [9.17, 15) is 19.0 Å². The number of aliphatic hydroxyl groups is 3. The van der Waals surface area contributed by atoms with Gasteiger partial charge in [0.2, 0.25) is 0 Å². The van der Waals surface area contributed by atoms with Crippen LogP contribution in [0.5, 0.6) is 0 Å². The third-order valence-electron chi connectivity index (χ3n) is 3.61. The lowest BCUT2D eigenvalue weighted by Crippen LogP contribution is -2.44. The van der Waals surface area contributed by atoms with Gasteiger partial charge in [0.1, 0.15) is 12.3 Å². The van der Waals surface area contributed by atoms with Crippen LogP contribution < -0.4 is 0 Å². The minimum atomic E-state index is -2.33. The van der Waals surface area contributed by atoms with E-state index in [4.69, 9.17) is 5.11 Å². The molecule has 2 aromatic rings. The van der Waals surface area contributed by atoms with Gasteiger partial charge in [-0.2, -0.15) is 0 Å². The van der Waals surface area contributed by atoms with Crippen molar-refractivity contribution in [3.05, 3.63) is 65.7 Å². The van der Waals surface area contributed by atoms with Gasteiger partial charge in [0.15, 0.2) is 0 Å². The summed E-state index contributed by atoms with van der Waals surface area (Å²) in [5.41, 5.74) is 1.60. The zero-order valence-electron chi connectivity index (χ0n) is 13.0. The van der Waals surface area contributed by atoms with Crippen LogP contribution in [0.1, 0.15) is 11.1 Å². The van der Waals surface area contributed by atoms with Crippen molar-refractivity contribution in [2.45, 2.75) is 30.3 Å². The Morgan fingerprint density at radius 1 is 1.00 bits per heavy atom. The summed E-state index contributed by atoms with van der Waals surface area (Å²) >= 11 is -2.33. The van der Waals surface area contributed by atoms with Gasteiger partial charge >= 0.3 is 0 Å². The minimum Gasteiger partial charge on any atom is -0.768 e. The predicted octanol–water partition coefficient (Wildman–Crippen LogP) is 0.598. The summed E-state index contributed by atoms with van der Waals surface area (Å²) in [6.45, 7) is -0.0149. The van der Waals surface area contributed by atoms with Gasteiger partial charge in [-0.3, -0.25) is 9.11 Å². The Balaban J connectivity index is 2.22. The van der Waals surface area contributed by atoms with E-state index in [0.29, 0.717) is 12.1 Å². The number of nitrogens with zero attached hydrogens (tertiary/aromatic N) is 1. The van der Waals surface area contributed by atoms with Gasteiger partial charge in [0.25, 0.3) is 0 Å². The minimum absolute atomic E-state index is 0.157. The van der Waals surface area contributed by atoms with Crippen LogP contribution in [-0.4, -0.2) is 47.9 Å². The molecular weight excluding hydrogens is 330 g/mol. The molecule has 0 aliphatic heterocycles. The van der Waals surface area contributed by atoms with Crippen LogP contribution >= 0.6 is 0 Å². The summed E-state index contributed by atoms with van der Waals surface area (Å²) in [7, 11) is 0. The van der Waals surface area contributed by atoms with Gasteiger partial charge in [-0.25, -0.2) is 0 Å². The van der Waals surface area contributed by atoms with Crippen molar-refractivity contribution in [1.82, 2.24) is 4.90 Å². The van der Waals surface area contributed by atoms with E-state index in [0.717, 1.165) is 5.56 Å². The molecule has 2 rings (SSSR count). The largest absolute Gasteiger partial charge is 0.768 e. The zero-order valence-corrected chi connectivity index (χ0v) is 13.8. The van der Waals surface area contributed by atoms with Gasteiger partial charge in [0, 0.05) is 18.0 Å². The summed E-state index contributed by atoms with van der Waals surface area (Å²) in [5.74, 6) is 0. The molecule has 0 aromatic heterocycles. The summed E-state index contributed by atoms with van der Waals surface area (Å²) in [5, 5.41) is 29.1. The SMILES string of the molecule is O=S([O-])c1cccc(CN(Cc2ccccc2)C(O)C(O)CO)c1. The van der Waals surface area contributed by atoms with Crippen LogP contribution in [0.15, 0.2) is 59.5 Å². The maximum atomic E-state index is 11.1. The van der Waals surface area contributed by atoms with Crippen molar-refractivity contribution in [1.29, 1.82) is 0 Å². The standard InChI is InChI=1S/C17H21NO5S/c19-12-16(20)17(21)18(10-13-5-2-1-3-6-13)11-14-7-4-8-15(9-14)24(22)23/h1-9,16-17,19-21H,10-12H2,(H,22,23)/p-1. The lowest BCUT2D eigenvalue weighted by atomic mass is 10.1. The van der Waals surface area contributed by atoms with Crippen molar-refractivity contribution in [2.75, 3.05) is 6.61 Å². The fourth-order valence-corrected chi connectivity index (χ4v) is 2.82. The number of rotatable bonds is 8. The Kier molecular flexibility index (Phi) is 7.04. The fourth-order valence-electron chi connectivity index (χ4n) is 2.38. The molecule has 6 nitrogen and oxygen atoms in total. The predicted molar refractivity (Wildman–Crippen MR) is 88.4 cm³/mol. The summed E-state index contributed by atoms with van der Waals surface area (Å²) < 4.78 is 22.2. The Labute approximate surface area is 143 Å². The van der Waals surface area contributed by atoms with Crippen molar-refractivity contribution < 1.29 is 24.1 Å². The second kappa shape index (κ2) is 9.03. The molecule has 0 spiro atoms. The van der Waals surface area contributed by atoms with Gasteiger partial charge in [-0.15, -0.1) is 0 Å². The molecule has 3 unspecified atom stereocenters. The van der Waals surface area contributed by atoms with E-state index >= 15 is 0 Å².